The Balaban J connectivity index is 1.63. The van der Waals surface area contributed by atoms with Crippen molar-refractivity contribution < 1.29 is 24.2 Å². The lowest BCUT2D eigenvalue weighted by atomic mass is 10.2. The number of nitro groups is 2. The van der Waals surface area contributed by atoms with Gasteiger partial charge >= 0.3 is 5.97 Å². The molecule has 0 radical (unpaired) electrons. The molecule has 32 heavy (non-hydrogen) atoms. The molecule has 3 aromatic carbocycles. The van der Waals surface area contributed by atoms with Crippen molar-refractivity contribution >= 4 is 29.5 Å². The van der Waals surface area contributed by atoms with Crippen LogP contribution in [0.2, 0.25) is 0 Å². The van der Waals surface area contributed by atoms with Gasteiger partial charge in [-0.15, -0.1) is 0 Å². The van der Waals surface area contributed by atoms with Crippen molar-refractivity contribution in [3.8, 4) is 5.75 Å². The Labute approximate surface area is 180 Å². The van der Waals surface area contributed by atoms with Crippen LogP contribution in [0.5, 0.6) is 5.75 Å². The first kappa shape index (κ1) is 21.8. The number of benzene rings is 3. The molecule has 0 aromatic heterocycles. The Morgan fingerprint density at radius 3 is 1.94 bits per heavy atom. The molecule has 0 spiro atoms. The van der Waals surface area contributed by atoms with Crippen molar-refractivity contribution in [2.75, 3.05) is 0 Å². The molecule has 11 heteroatoms. The van der Waals surface area contributed by atoms with Crippen LogP contribution in [0.15, 0.2) is 77.9 Å². The summed E-state index contributed by atoms with van der Waals surface area (Å²) in [6.07, 6.45) is 1.29. The maximum absolute atomic E-state index is 12.2. The zero-order valence-corrected chi connectivity index (χ0v) is 16.2. The molecular formula is C21H14N4O7. The van der Waals surface area contributed by atoms with Crippen LogP contribution >= 0.6 is 0 Å². The van der Waals surface area contributed by atoms with Crippen molar-refractivity contribution in [1.82, 2.24) is 5.43 Å². The van der Waals surface area contributed by atoms with Crippen LogP contribution in [-0.4, -0.2) is 27.9 Å². The number of para-hydroxylation sites is 2. The standard InChI is InChI=1S/C21H14N4O7/c26-20(16-5-1-3-7-18(16)24(28)29)23-22-13-14-9-11-15(12-10-14)32-21(27)17-6-2-4-8-19(17)25(30)31/h1-13H,(H,23,26)/b22-13-. The second kappa shape index (κ2) is 9.71. The van der Waals surface area contributed by atoms with Crippen molar-refractivity contribution in [1.29, 1.82) is 0 Å². The molecule has 11 nitrogen and oxygen atoms in total. The Kier molecular flexibility index (Phi) is 6.61. The summed E-state index contributed by atoms with van der Waals surface area (Å²) >= 11 is 0. The fourth-order valence-corrected chi connectivity index (χ4v) is 2.64. The minimum Gasteiger partial charge on any atom is -0.423 e. The van der Waals surface area contributed by atoms with E-state index in [1.807, 2.05) is 0 Å². The summed E-state index contributed by atoms with van der Waals surface area (Å²) < 4.78 is 5.16. The third-order valence-corrected chi connectivity index (χ3v) is 4.14. The van der Waals surface area contributed by atoms with Crippen molar-refractivity contribution in [3.63, 3.8) is 0 Å². The fraction of sp³-hybridized carbons (Fsp3) is 0. The zero-order chi connectivity index (χ0) is 23.1. The fourth-order valence-electron chi connectivity index (χ4n) is 2.64. The van der Waals surface area contributed by atoms with Gasteiger partial charge in [-0.25, -0.2) is 10.2 Å². The molecule has 0 saturated heterocycles. The number of amides is 1. The summed E-state index contributed by atoms with van der Waals surface area (Å²) in [5, 5.41) is 25.8. The number of carbonyl (C=O) groups is 2. The Morgan fingerprint density at radius 1 is 0.812 bits per heavy atom. The number of nitrogens with zero attached hydrogens (tertiary/aromatic N) is 3. The predicted octanol–water partition coefficient (Wildman–Crippen LogP) is 3.49. The normalized spacial score (nSPS) is 10.5. The minimum absolute atomic E-state index is 0.132. The van der Waals surface area contributed by atoms with Crippen LogP contribution < -0.4 is 10.2 Å². The van der Waals surface area contributed by atoms with Crippen LogP contribution in [0, 0.1) is 20.2 Å². The van der Waals surface area contributed by atoms with Crippen molar-refractivity contribution in [3.05, 3.63) is 110 Å². The number of hydrogen-bond donors (Lipinski definition) is 1. The smallest absolute Gasteiger partial charge is 0.350 e. The number of hydrazone groups is 1. The maximum atomic E-state index is 12.2. The Bertz CT molecular complexity index is 1220. The third-order valence-electron chi connectivity index (χ3n) is 4.14. The van der Waals surface area contributed by atoms with Crippen LogP contribution in [0.4, 0.5) is 11.4 Å². The van der Waals surface area contributed by atoms with E-state index < -0.39 is 21.7 Å². The Morgan fingerprint density at radius 2 is 1.34 bits per heavy atom. The molecule has 0 bridgehead atoms. The van der Waals surface area contributed by atoms with Gasteiger partial charge in [0.1, 0.15) is 16.9 Å². The van der Waals surface area contributed by atoms with Crippen LogP contribution in [0.3, 0.4) is 0 Å². The van der Waals surface area contributed by atoms with Crippen LogP contribution in [0.25, 0.3) is 0 Å². The molecule has 1 N–H and O–H groups in total. The molecule has 160 valence electrons. The SMILES string of the molecule is O=C(N/N=C\c1ccc(OC(=O)c2ccccc2[N+](=O)[O-])cc1)c1ccccc1[N+](=O)[O-]. The minimum atomic E-state index is -0.879. The summed E-state index contributed by atoms with van der Waals surface area (Å²) in [7, 11) is 0. The number of esters is 1. The van der Waals surface area contributed by atoms with E-state index in [0.717, 1.165) is 0 Å². The highest BCUT2D eigenvalue weighted by Crippen LogP contribution is 2.21. The highest BCUT2D eigenvalue weighted by atomic mass is 16.6. The monoisotopic (exact) mass is 434 g/mol. The highest BCUT2D eigenvalue weighted by molar-refractivity contribution is 5.98. The molecule has 0 atom stereocenters. The van der Waals surface area contributed by atoms with Crippen molar-refractivity contribution in [2.45, 2.75) is 0 Å². The van der Waals surface area contributed by atoms with Crippen LogP contribution in [-0.2, 0) is 0 Å². The third kappa shape index (κ3) is 5.16. The molecule has 0 saturated carbocycles. The van der Waals surface area contributed by atoms with Gasteiger partial charge in [0.05, 0.1) is 16.1 Å². The number of hydrogen-bond acceptors (Lipinski definition) is 8. The van der Waals surface area contributed by atoms with Gasteiger partial charge in [0.25, 0.3) is 17.3 Å². The molecule has 0 heterocycles. The van der Waals surface area contributed by atoms with Gasteiger partial charge in [-0.1, -0.05) is 24.3 Å². The average Bonchev–Trinajstić information content (AvgIpc) is 2.80. The zero-order valence-electron chi connectivity index (χ0n) is 16.2. The molecule has 0 fully saturated rings. The molecular weight excluding hydrogens is 420 g/mol. The lowest BCUT2D eigenvalue weighted by Crippen LogP contribution is -2.18. The van der Waals surface area contributed by atoms with Gasteiger partial charge in [0, 0.05) is 12.1 Å². The van der Waals surface area contributed by atoms with E-state index in [2.05, 4.69) is 10.5 Å². The van der Waals surface area contributed by atoms with E-state index in [4.69, 9.17) is 4.74 Å². The number of nitrogens with one attached hydrogen (secondary N) is 1. The average molecular weight is 434 g/mol. The lowest BCUT2D eigenvalue weighted by molar-refractivity contribution is -0.385. The summed E-state index contributed by atoms with van der Waals surface area (Å²) in [4.78, 5) is 45.0. The van der Waals surface area contributed by atoms with E-state index in [1.165, 1.54) is 79.0 Å². The molecule has 0 unspecified atom stereocenters. The van der Waals surface area contributed by atoms with E-state index in [9.17, 15) is 29.8 Å². The first-order valence-corrected chi connectivity index (χ1v) is 8.99. The second-order valence-electron chi connectivity index (χ2n) is 6.21. The largest absolute Gasteiger partial charge is 0.423 e. The number of carbonyl (C=O) groups excluding carboxylic acids is 2. The van der Waals surface area contributed by atoms with Gasteiger partial charge in [-0.05, 0) is 42.0 Å². The molecule has 0 aliphatic carbocycles. The first-order chi connectivity index (χ1) is 15.4. The summed E-state index contributed by atoms with van der Waals surface area (Å²) in [6, 6.07) is 16.8. The summed E-state index contributed by atoms with van der Waals surface area (Å²) in [5.74, 6) is -1.48. The van der Waals surface area contributed by atoms with E-state index >= 15 is 0 Å². The second-order valence-corrected chi connectivity index (χ2v) is 6.21. The molecule has 0 aliphatic heterocycles. The number of nitro benzene ring substituents is 2. The van der Waals surface area contributed by atoms with Gasteiger partial charge in [-0.2, -0.15) is 5.10 Å². The Hall–Kier alpha value is -4.93. The molecule has 0 aliphatic rings. The van der Waals surface area contributed by atoms with Gasteiger partial charge < -0.3 is 4.74 Å². The van der Waals surface area contributed by atoms with E-state index in [1.54, 1.807) is 0 Å². The maximum Gasteiger partial charge on any atom is 0.350 e. The molecule has 1 amide bonds. The van der Waals surface area contributed by atoms with Gasteiger partial charge in [0.2, 0.25) is 0 Å². The molecule has 3 aromatic rings. The van der Waals surface area contributed by atoms with Crippen LogP contribution in [0.1, 0.15) is 26.3 Å². The predicted molar refractivity (Wildman–Crippen MR) is 113 cm³/mol. The molecule has 3 rings (SSSR count). The van der Waals surface area contributed by atoms with Crippen molar-refractivity contribution in [2.24, 2.45) is 5.10 Å². The van der Waals surface area contributed by atoms with Gasteiger partial charge in [0.15, 0.2) is 0 Å². The van der Waals surface area contributed by atoms with E-state index in [0.29, 0.717) is 5.56 Å². The number of ether oxygens (including phenoxy) is 1. The van der Waals surface area contributed by atoms with E-state index in [-0.39, 0.29) is 28.3 Å². The lowest BCUT2D eigenvalue weighted by Gasteiger charge is -2.05. The number of rotatable bonds is 7. The quantitative estimate of drug-likeness (QED) is 0.196. The summed E-state index contributed by atoms with van der Waals surface area (Å²) in [5.41, 5.74) is 1.71. The summed E-state index contributed by atoms with van der Waals surface area (Å²) in [6.45, 7) is 0. The van der Waals surface area contributed by atoms with Gasteiger partial charge in [-0.3, -0.25) is 25.0 Å². The first-order valence-electron chi connectivity index (χ1n) is 8.99. The topological polar surface area (TPSA) is 154 Å². The highest BCUT2D eigenvalue weighted by Gasteiger charge is 2.21.